The molecule has 1 unspecified atom stereocenters. The third-order valence-electron chi connectivity index (χ3n) is 7.98. The van der Waals surface area contributed by atoms with Gasteiger partial charge in [-0.2, -0.15) is 0 Å². The van der Waals surface area contributed by atoms with Crippen molar-refractivity contribution >= 4 is 19.8 Å². The molecule has 11 heteroatoms. The van der Waals surface area contributed by atoms with Crippen LogP contribution in [0.4, 0.5) is 0 Å². The highest BCUT2D eigenvalue weighted by atomic mass is 31.2. The Morgan fingerprint density at radius 1 is 0.673 bits per heavy atom. The lowest BCUT2D eigenvalue weighted by Crippen LogP contribution is -2.29. The number of carbonyl (C=O) groups is 2. The van der Waals surface area contributed by atoms with Gasteiger partial charge in [0.05, 0.1) is 19.3 Å². The fraction of sp³-hybridized carbons (Fsp3) is 0.707. The zero-order chi connectivity index (χ0) is 38.4. The van der Waals surface area contributed by atoms with Crippen molar-refractivity contribution < 1.29 is 42.7 Å². The van der Waals surface area contributed by atoms with Gasteiger partial charge in [-0.3, -0.25) is 18.6 Å². The van der Waals surface area contributed by atoms with Crippen LogP contribution in [-0.2, 0) is 32.7 Å². The maximum atomic E-state index is 12.5. The number of unbranched alkanes of at least 4 members (excludes halogenated alkanes) is 12. The first-order valence-corrected chi connectivity index (χ1v) is 21.4. The topological polar surface area (TPSA) is 155 Å². The Balaban J connectivity index is 4.43. The van der Waals surface area contributed by atoms with Crippen LogP contribution in [0.2, 0.25) is 0 Å². The average molecular weight is 754 g/mol. The molecule has 4 N–H and O–H groups in total. The fourth-order valence-corrected chi connectivity index (χ4v) is 5.73. The van der Waals surface area contributed by atoms with E-state index in [1.807, 2.05) is 12.2 Å². The van der Waals surface area contributed by atoms with E-state index in [4.69, 9.17) is 24.3 Å². The number of carbonyl (C=O) groups excluding carboxylic acids is 2. The number of hydrogen-bond donors (Lipinski definition) is 3. The summed E-state index contributed by atoms with van der Waals surface area (Å²) in [5, 5.41) is 10.2. The van der Waals surface area contributed by atoms with E-state index in [0.717, 1.165) is 57.8 Å². The van der Waals surface area contributed by atoms with E-state index < -0.39 is 38.6 Å². The van der Waals surface area contributed by atoms with Gasteiger partial charge in [0.25, 0.3) is 0 Å². The summed E-state index contributed by atoms with van der Waals surface area (Å²) < 4.78 is 32.5. The molecule has 0 aromatic rings. The number of esters is 2. The molecule has 0 aromatic heterocycles. The Morgan fingerprint density at radius 3 is 1.92 bits per heavy atom. The SMILES string of the molecule is CCCCC/C=C\C/C=C\C/C=C\C=C\[C@@H](O)CCCC(=O)OC[C@H](COP(=O)(O)OCCN)OC(=O)CCCCCCC/C=C\CCCCCC. The standard InChI is InChI=1S/C41H72NO9P/c1-3-5-7-9-11-13-15-17-19-21-23-25-27-30-38(43)31-29-33-40(44)48-36-39(37-50-52(46,47)49-35-34-42)51-41(45)32-28-26-24-22-20-18-16-14-12-10-8-6-4-2/h11,13-14,16-17,19,23,25,27,30,38-39,43H,3-10,12,15,18,20-22,24,26,28-29,31-37,42H2,1-2H3,(H,46,47)/b13-11-,16-14-,19-17-,25-23-,30-27+/t38-,39-/m1/s1. The van der Waals surface area contributed by atoms with Gasteiger partial charge in [-0.05, 0) is 70.6 Å². The number of nitrogens with two attached hydrogens (primary N) is 1. The molecule has 0 aromatic carbocycles. The second kappa shape index (κ2) is 37.0. The minimum absolute atomic E-state index is 0.0239. The minimum Gasteiger partial charge on any atom is -0.462 e. The lowest BCUT2D eigenvalue weighted by molar-refractivity contribution is -0.161. The van der Waals surface area contributed by atoms with Crippen LogP contribution in [0.25, 0.3) is 0 Å². The van der Waals surface area contributed by atoms with Crippen molar-refractivity contribution in [2.45, 2.75) is 161 Å². The van der Waals surface area contributed by atoms with E-state index in [9.17, 15) is 24.2 Å². The Labute approximate surface area is 315 Å². The maximum Gasteiger partial charge on any atom is 0.472 e. The third kappa shape index (κ3) is 36.0. The summed E-state index contributed by atoms with van der Waals surface area (Å²) in [6.07, 6.45) is 38.5. The number of phosphoric ester groups is 1. The summed E-state index contributed by atoms with van der Waals surface area (Å²) >= 11 is 0. The van der Waals surface area contributed by atoms with E-state index in [2.05, 4.69) is 50.3 Å². The maximum absolute atomic E-state index is 12.5. The molecule has 0 fully saturated rings. The largest absolute Gasteiger partial charge is 0.472 e. The zero-order valence-corrected chi connectivity index (χ0v) is 33.3. The fourth-order valence-electron chi connectivity index (χ4n) is 4.97. The van der Waals surface area contributed by atoms with Crippen LogP contribution in [0.1, 0.15) is 149 Å². The third-order valence-corrected chi connectivity index (χ3v) is 8.96. The Hall–Kier alpha value is -2.33. The lowest BCUT2D eigenvalue weighted by atomic mass is 10.1. The Morgan fingerprint density at radius 2 is 1.23 bits per heavy atom. The molecule has 52 heavy (non-hydrogen) atoms. The van der Waals surface area contributed by atoms with Crippen molar-refractivity contribution in [3.05, 3.63) is 60.8 Å². The summed E-state index contributed by atoms with van der Waals surface area (Å²) in [6, 6.07) is 0. The van der Waals surface area contributed by atoms with Crippen molar-refractivity contribution in [2.24, 2.45) is 5.73 Å². The van der Waals surface area contributed by atoms with E-state index in [-0.39, 0.29) is 32.6 Å². The van der Waals surface area contributed by atoms with Gasteiger partial charge in [0.1, 0.15) is 6.61 Å². The molecular formula is C41H72NO9P. The van der Waals surface area contributed by atoms with Gasteiger partial charge < -0.3 is 25.2 Å². The molecule has 0 radical (unpaired) electrons. The molecule has 0 rings (SSSR count). The van der Waals surface area contributed by atoms with E-state index >= 15 is 0 Å². The number of phosphoric acid groups is 1. The van der Waals surface area contributed by atoms with Gasteiger partial charge >= 0.3 is 19.8 Å². The molecule has 0 heterocycles. The first-order chi connectivity index (χ1) is 25.2. The molecular weight excluding hydrogens is 681 g/mol. The number of ether oxygens (including phenoxy) is 2. The van der Waals surface area contributed by atoms with Crippen LogP contribution >= 0.6 is 7.82 Å². The van der Waals surface area contributed by atoms with Gasteiger partial charge in [-0.1, -0.05) is 126 Å². The van der Waals surface area contributed by atoms with Gasteiger partial charge in [-0.15, -0.1) is 0 Å². The molecule has 0 aliphatic heterocycles. The Bertz CT molecular complexity index is 1060. The second-order valence-corrected chi connectivity index (χ2v) is 14.4. The van der Waals surface area contributed by atoms with Crippen LogP contribution in [0.15, 0.2) is 60.8 Å². The molecule has 300 valence electrons. The second-order valence-electron chi connectivity index (χ2n) is 13.0. The molecule has 0 saturated heterocycles. The number of allylic oxidation sites excluding steroid dienone is 9. The lowest BCUT2D eigenvalue weighted by Gasteiger charge is -2.20. The van der Waals surface area contributed by atoms with E-state index in [1.54, 1.807) is 12.2 Å². The van der Waals surface area contributed by atoms with Gasteiger partial charge in [-0.25, -0.2) is 4.57 Å². The van der Waals surface area contributed by atoms with Gasteiger partial charge in [0.15, 0.2) is 6.10 Å². The van der Waals surface area contributed by atoms with Crippen molar-refractivity contribution in [2.75, 3.05) is 26.4 Å². The first kappa shape index (κ1) is 49.7. The van der Waals surface area contributed by atoms with Crippen LogP contribution in [0.5, 0.6) is 0 Å². The summed E-state index contributed by atoms with van der Waals surface area (Å²) in [5.41, 5.74) is 5.32. The summed E-state index contributed by atoms with van der Waals surface area (Å²) in [6.45, 7) is 3.43. The molecule has 0 amide bonds. The molecule has 3 atom stereocenters. The normalized spacial score (nSPS) is 14.6. The molecule has 0 spiro atoms. The van der Waals surface area contributed by atoms with Gasteiger partial charge in [0.2, 0.25) is 0 Å². The highest BCUT2D eigenvalue weighted by Crippen LogP contribution is 2.43. The number of hydrogen-bond acceptors (Lipinski definition) is 9. The van der Waals surface area contributed by atoms with Crippen LogP contribution in [0.3, 0.4) is 0 Å². The molecule has 0 aliphatic rings. The van der Waals surface area contributed by atoms with E-state index in [0.29, 0.717) is 19.3 Å². The summed E-state index contributed by atoms with van der Waals surface area (Å²) in [5.74, 6) is -1.05. The summed E-state index contributed by atoms with van der Waals surface area (Å²) in [7, 11) is -4.42. The highest BCUT2D eigenvalue weighted by Gasteiger charge is 2.26. The zero-order valence-electron chi connectivity index (χ0n) is 32.4. The minimum atomic E-state index is -4.42. The predicted molar refractivity (Wildman–Crippen MR) is 212 cm³/mol. The quantitative estimate of drug-likeness (QED) is 0.0185. The Kier molecular flexibility index (Phi) is 35.3. The van der Waals surface area contributed by atoms with Crippen molar-refractivity contribution in [1.29, 1.82) is 0 Å². The van der Waals surface area contributed by atoms with Crippen LogP contribution in [0, 0.1) is 0 Å². The number of aliphatic hydroxyl groups is 1. The summed E-state index contributed by atoms with van der Waals surface area (Å²) in [4.78, 5) is 34.8. The average Bonchev–Trinajstić information content (AvgIpc) is 3.12. The van der Waals surface area contributed by atoms with Crippen molar-refractivity contribution in [1.82, 2.24) is 0 Å². The number of aliphatic hydroxyl groups excluding tert-OH is 1. The number of rotatable bonds is 36. The molecule has 10 nitrogen and oxygen atoms in total. The smallest absolute Gasteiger partial charge is 0.462 e. The first-order valence-electron chi connectivity index (χ1n) is 19.9. The van der Waals surface area contributed by atoms with Crippen LogP contribution < -0.4 is 5.73 Å². The van der Waals surface area contributed by atoms with Gasteiger partial charge in [0, 0.05) is 19.4 Å². The molecule has 0 aliphatic carbocycles. The van der Waals surface area contributed by atoms with Crippen molar-refractivity contribution in [3.63, 3.8) is 0 Å². The predicted octanol–water partition coefficient (Wildman–Crippen LogP) is 9.91. The highest BCUT2D eigenvalue weighted by molar-refractivity contribution is 7.47. The van der Waals surface area contributed by atoms with E-state index in [1.165, 1.54) is 44.9 Å². The molecule has 0 bridgehead atoms. The monoisotopic (exact) mass is 753 g/mol. The van der Waals surface area contributed by atoms with Crippen LogP contribution in [-0.4, -0.2) is 60.5 Å². The molecule has 0 saturated carbocycles. The van der Waals surface area contributed by atoms with Crippen molar-refractivity contribution in [3.8, 4) is 0 Å².